The Bertz CT molecular complexity index is 299. The number of nitrogens with one attached hydrogen (secondary N) is 1. The number of nitrogens with zero attached hydrogens (tertiary/aromatic N) is 1. The van der Waals surface area contributed by atoms with Crippen molar-refractivity contribution in [1.82, 2.24) is 4.98 Å². The maximum absolute atomic E-state index is 6.01. The second kappa shape index (κ2) is 5.96. The Hall–Kier alpha value is -0.760. The van der Waals surface area contributed by atoms with Gasteiger partial charge in [-0.05, 0) is 31.7 Å². The lowest BCUT2D eigenvalue weighted by Gasteiger charge is -2.16. The Morgan fingerprint density at radius 3 is 2.67 bits per heavy atom. The molecule has 0 fully saturated rings. The molecule has 84 valence electrons. The van der Waals surface area contributed by atoms with Crippen molar-refractivity contribution in [1.29, 1.82) is 0 Å². The lowest BCUT2D eigenvalue weighted by molar-refractivity contribution is 0.528. The first-order valence-corrected chi connectivity index (χ1v) is 5.83. The number of rotatable bonds is 5. The predicted octanol–water partition coefficient (Wildman–Crippen LogP) is 3.97. The van der Waals surface area contributed by atoms with Crippen LogP contribution in [0.1, 0.15) is 33.6 Å². The number of aromatic nitrogens is 1. The molecule has 1 aromatic rings. The van der Waals surface area contributed by atoms with Crippen molar-refractivity contribution in [2.24, 2.45) is 5.92 Å². The van der Waals surface area contributed by atoms with Gasteiger partial charge in [0.2, 0.25) is 0 Å². The van der Waals surface area contributed by atoms with E-state index in [1.54, 1.807) is 12.4 Å². The molecule has 1 aromatic heterocycles. The minimum absolute atomic E-state index is 0.451. The molecule has 0 spiro atoms. The third-order valence-corrected chi connectivity index (χ3v) is 2.65. The van der Waals surface area contributed by atoms with E-state index in [4.69, 9.17) is 11.6 Å². The lowest BCUT2D eigenvalue weighted by Crippen LogP contribution is -2.16. The Balaban J connectivity index is 2.44. The van der Waals surface area contributed by atoms with Gasteiger partial charge < -0.3 is 5.32 Å². The van der Waals surface area contributed by atoms with E-state index in [9.17, 15) is 0 Å². The van der Waals surface area contributed by atoms with Gasteiger partial charge in [-0.15, -0.1) is 0 Å². The van der Waals surface area contributed by atoms with E-state index in [0.29, 0.717) is 11.1 Å². The molecule has 0 saturated carbocycles. The quantitative estimate of drug-likeness (QED) is 0.822. The van der Waals surface area contributed by atoms with Crippen LogP contribution < -0.4 is 5.32 Å². The number of halogens is 1. The first kappa shape index (κ1) is 12.3. The topological polar surface area (TPSA) is 24.9 Å². The average Bonchev–Trinajstić information content (AvgIpc) is 2.18. The van der Waals surface area contributed by atoms with E-state index in [0.717, 1.165) is 18.0 Å². The molecule has 0 amide bonds. The molecule has 0 bridgehead atoms. The standard InChI is InChI=1S/C12H19ClN2/c1-9(2)4-5-10(3)15-12-6-7-14-8-11(12)13/h6-10H,4-5H2,1-3H3,(H,14,15). The van der Waals surface area contributed by atoms with E-state index in [2.05, 4.69) is 31.1 Å². The zero-order valence-corrected chi connectivity index (χ0v) is 10.4. The van der Waals surface area contributed by atoms with Gasteiger partial charge in [0.25, 0.3) is 0 Å². The van der Waals surface area contributed by atoms with Crippen molar-refractivity contribution in [2.45, 2.75) is 39.7 Å². The lowest BCUT2D eigenvalue weighted by atomic mass is 10.0. The molecule has 1 atom stereocenters. The maximum atomic E-state index is 6.01. The van der Waals surface area contributed by atoms with Crippen LogP contribution in [0.3, 0.4) is 0 Å². The first-order valence-electron chi connectivity index (χ1n) is 5.45. The normalized spacial score (nSPS) is 12.9. The van der Waals surface area contributed by atoms with E-state index >= 15 is 0 Å². The molecule has 15 heavy (non-hydrogen) atoms. The van der Waals surface area contributed by atoms with E-state index in [1.807, 2.05) is 6.07 Å². The average molecular weight is 227 g/mol. The smallest absolute Gasteiger partial charge is 0.0820 e. The molecule has 1 heterocycles. The fraction of sp³-hybridized carbons (Fsp3) is 0.583. The van der Waals surface area contributed by atoms with Crippen molar-refractivity contribution in [3.05, 3.63) is 23.5 Å². The van der Waals surface area contributed by atoms with Crippen molar-refractivity contribution < 1.29 is 0 Å². The summed E-state index contributed by atoms with van der Waals surface area (Å²) in [6.07, 6.45) is 5.82. The van der Waals surface area contributed by atoms with Crippen LogP contribution in [0.15, 0.2) is 18.5 Å². The SMILES string of the molecule is CC(C)CCC(C)Nc1ccncc1Cl. The van der Waals surface area contributed by atoms with Gasteiger partial charge in [0, 0.05) is 18.4 Å². The summed E-state index contributed by atoms with van der Waals surface area (Å²) in [6.45, 7) is 6.66. The summed E-state index contributed by atoms with van der Waals surface area (Å²) in [5.74, 6) is 0.752. The molecule has 0 aliphatic rings. The monoisotopic (exact) mass is 226 g/mol. The van der Waals surface area contributed by atoms with Crippen LogP contribution in [-0.4, -0.2) is 11.0 Å². The highest BCUT2D eigenvalue weighted by Gasteiger charge is 2.05. The Labute approximate surface area is 97.1 Å². The van der Waals surface area contributed by atoms with Gasteiger partial charge in [0.1, 0.15) is 0 Å². The summed E-state index contributed by atoms with van der Waals surface area (Å²) in [7, 11) is 0. The van der Waals surface area contributed by atoms with E-state index in [1.165, 1.54) is 6.42 Å². The molecule has 1 unspecified atom stereocenters. The van der Waals surface area contributed by atoms with Gasteiger partial charge in [0.15, 0.2) is 0 Å². The zero-order valence-electron chi connectivity index (χ0n) is 9.63. The summed E-state index contributed by atoms with van der Waals surface area (Å²) < 4.78 is 0. The van der Waals surface area contributed by atoms with Crippen LogP contribution in [-0.2, 0) is 0 Å². The summed E-state index contributed by atoms with van der Waals surface area (Å²) >= 11 is 6.01. The fourth-order valence-electron chi connectivity index (χ4n) is 1.41. The molecule has 2 nitrogen and oxygen atoms in total. The Morgan fingerprint density at radius 1 is 1.33 bits per heavy atom. The largest absolute Gasteiger partial charge is 0.381 e. The van der Waals surface area contributed by atoms with Crippen molar-refractivity contribution in [3.8, 4) is 0 Å². The van der Waals surface area contributed by atoms with Gasteiger partial charge >= 0.3 is 0 Å². The van der Waals surface area contributed by atoms with E-state index < -0.39 is 0 Å². The molecule has 0 radical (unpaired) electrons. The summed E-state index contributed by atoms with van der Waals surface area (Å²) in [5, 5.41) is 4.08. The van der Waals surface area contributed by atoms with Gasteiger partial charge in [0.05, 0.1) is 10.7 Å². The summed E-state index contributed by atoms with van der Waals surface area (Å²) in [4.78, 5) is 3.95. The van der Waals surface area contributed by atoms with Crippen molar-refractivity contribution >= 4 is 17.3 Å². The van der Waals surface area contributed by atoms with Crippen LogP contribution in [0.2, 0.25) is 5.02 Å². The number of hydrogen-bond donors (Lipinski definition) is 1. The fourth-order valence-corrected chi connectivity index (χ4v) is 1.59. The molecule has 1 rings (SSSR count). The summed E-state index contributed by atoms with van der Waals surface area (Å²) in [5.41, 5.74) is 0.975. The highest BCUT2D eigenvalue weighted by atomic mass is 35.5. The minimum atomic E-state index is 0.451. The van der Waals surface area contributed by atoms with Crippen LogP contribution in [0.25, 0.3) is 0 Å². The number of pyridine rings is 1. The molecule has 0 aliphatic heterocycles. The predicted molar refractivity (Wildman–Crippen MR) is 66.4 cm³/mol. The highest BCUT2D eigenvalue weighted by molar-refractivity contribution is 6.33. The minimum Gasteiger partial charge on any atom is -0.381 e. The maximum Gasteiger partial charge on any atom is 0.0820 e. The molecule has 0 saturated heterocycles. The highest BCUT2D eigenvalue weighted by Crippen LogP contribution is 2.21. The van der Waals surface area contributed by atoms with Crippen LogP contribution in [0.5, 0.6) is 0 Å². The van der Waals surface area contributed by atoms with Gasteiger partial charge in [-0.2, -0.15) is 0 Å². The third-order valence-electron chi connectivity index (χ3n) is 2.35. The number of hydrogen-bond acceptors (Lipinski definition) is 2. The molecule has 1 N–H and O–H groups in total. The van der Waals surface area contributed by atoms with Gasteiger partial charge in [-0.1, -0.05) is 25.4 Å². The zero-order chi connectivity index (χ0) is 11.3. The molecule has 3 heteroatoms. The van der Waals surface area contributed by atoms with Crippen molar-refractivity contribution in [3.63, 3.8) is 0 Å². The van der Waals surface area contributed by atoms with Crippen LogP contribution in [0.4, 0.5) is 5.69 Å². The second-order valence-electron chi connectivity index (χ2n) is 4.37. The molecule has 0 aliphatic carbocycles. The Morgan fingerprint density at radius 2 is 2.07 bits per heavy atom. The third kappa shape index (κ3) is 4.52. The first-order chi connectivity index (χ1) is 7.09. The van der Waals surface area contributed by atoms with Crippen LogP contribution >= 0.6 is 11.6 Å². The number of anilines is 1. The van der Waals surface area contributed by atoms with Gasteiger partial charge in [-0.3, -0.25) is 4.98 Å². The molecular formula is C12H19ClN2. The summed E-state index contributed by atoms with van der Waals surface area (Å²) in [6, 6.07) is 2.36. The van der Waals surface area contributed by atoms with Crippen LogP contribution in [0, 0.1) is 5.92 Å². The molecular weight excluding hydrogens is 208 g/mol. The van der Waals surface area contributed by atoms with Crippen molar-refractivity contribution in [2.75, 3.05) is 5.32 Å². The van der Waals surface area contributed by atoms with Gasteiger partial charge in [-0.25, -0.2) is 0 Å². The Kier molecular flexibility index (Phi) is 4.89. The molecule has 0 aromatic carbocycles. The second-order valence-corrected chi connectivity index (χ2v) is 4.78. The van der Waals surface area contributed by atoms with E-state index in [-0.39, 0.29) is 0 Å².